The van der Waals surface area contributed by atoms with E-state index in [-0.39, 0.29) is 36.5 Å². The second-order valence-electron chi connectivity index (χ2n) is 11.5. The molecule has 208 valence electrons. The van der Waals surface area contributed by atoms with Gasteiger partial charge in [-0.2, -0.15) is 0 Å². The quantitative estimate of drug-likeness (QED) is 0.420. The lowest BCUT2D eigenvalue weighted by Crippen LogP contribution is -2.57. The molecule has 0 bridgehead atoms. The fourth-order valence-corrected chi connectivity index (χ4v) is 6.76. The molecule has 5 rings (SSSR count). The average molecular weight is 554 g/mol. The molecule has 0 spiro atoms. The molecule has 8 nitrogen and oxygen atoms in total. The summed E-state index contributed by atoms with van der Waals surface area (Å²) in [6.45, 7) is 8.48. The fraction of sp³-hybridized carbons (Fsp3) is 0.483. The Morgan fingerprint density at radius 3 is 2.64 bits per heavy atom. The molecule has 2 aromatic heterocycles. The first-order chi connectivity index (χ1) is 18.3. The SMILES string of the molecule is CC(C)c1ccc(N2C[C@@H](CS(C)(=O)=O)[C@@H]2C)c2cnc(Nc3ccnc(C4=CC[C@@H](O)[C@@](C)(F)C4)n3)cc12. The van der Waals surface area contributed by atoms with Crippen molar-refractivity contribution in [2.45, 2.75) is 64.3 Å². The van der Waals surface area contributed by atoms with Gasteiger partial charge in [-0.15, -0.1) is 0 Å². The van der Waals surface area contributed by atoms with E-state index in [4.69, 9.17) is 0 Å². The molecule has 1 aliphatic carbocycles. The van der Waals surface area contributed by atoms with Crippen LogP contribution in [0.15, 0.2) is 42.7 Å². The number of rotatable bonds is 7. The number of nitrogens with one attached hydrogen (secondary N) is 1. The Kier molecular flexibility index (Phi) is 7.13. The number of benzene rings is 1. The molecule has 1 saturated heterocycles. The molecular weight excluding hydrogens is 517 g/mol. The van der Waals surface area contributed by atoms with Gasteiger partial charge in [0.1, 0.15) is 27.1 Å². The third kappa shape index (κ3) is 5.63. The summed E-state index contributed by atoms with van der Waals surface area (Å²) in [7, 11) is -3.03. The van der Waals surface area contributed by atoms with Crippen LogP contribution in [-0.4, -0.2) is 64.8 Å². The van der Waals surface area contributed by atoms with Crippen molar-refractivity contribution in [2.24, 2.45) is 5.92 Å². The standard InChI is InChI=1S/C29H36FN5O3S/c1-17(2)21-7-8-24(35-15-20(18(35)3)16-39(5,37)38)23-14-32-27(12-22(21)23)33-26-10-11-31-28(34-26)19-6-9-25(36)29(4,30)13-19/h6-8,10-12,14,17-18,20,25,36H,9,13,15-16H2,1-5H3,(H,31,32,33,34)/t18-,20-,25+,29-/m0/s1. The molecule has 4 atom stereocenters. The number of sulfone groups is 1. The van der Waals surface area contributed by atoms with Crippen LogP contribution in [0.1, 0.15) is 57.8 Å². The second kappa shape index (κ2) is 10.1. The van der Waals surface area contributed by atoms with Crippen LogP contribution >= 0.6 is 0 Å². The van der Waals surface area contributed by atoms with Gasteiger partial charge in [0.2, 0.25) is 0 Å². The number of anilines is 3. The van der Waals surface area contributed by atoms with E-state index in [1.54, 1.807) is 18.3 Å². The summed E-state index contributed by atoms with van der Waals surface area (Å²) in [5, 5.41) is 15.3. The topological polar surface area (TPSA) is 108 Å². The van der Waals surface area contributed by atoms with Crippen molar-refractivity contribution in [2.75, 3.05) is 28.8 Å². The number of aliphatic hydroxyl groups excluding tert-OH is 1. The Morgan fingerprint density at radius 2 is 1.97 bits per heavy atom. The molecular formula is C29H36FN5O3S. The molecule has 0 unspecified atom stereocenters. The maximum absolute atomic E-state index is 14.7. The molecule has 0 radical (unpaired) electrons. The van der Waals surface area contributed by atoms with Gasteiger partial charge in [-0.05, 0) is 60.9 Å². The maximum Gasteiger partial charge on any atom is 0.157 e. The van der Waals surface area contributed by atoms with E-state index >= 15 is 0 Å². The van der Waals surface area contributed by atoms with Gasteiger partial charge in [-0.25, -0.2) is 27.8 Å². The van der Waals surface area contributed by atoms with E-state index in [1.807, 2.05) is 12.3 Å². The van der Waals surface area contributed by atoms with Gasteiger partial charge in [-0.3, -0.25) is 0 Å². The third-order valence-electron chi connectivity index (χ3n) is 7.98. The first-order valence-corrected chi connectivity index (χ1v) is 15.4. The van der Waals surface area contributed by atoms with E-state index in [1.165, 1.54) is 18.7 Å². The highest BCUT2D eigenvalue weighted by molar-refractivity contribution is 7.90. The fourth-order valence-electron chi connectivity index (χ4n) is 5.60. The summed E-state index contributed by atoms with van der Waals surface area (Å²) in [4.78, 5) is 15.9. The highest BCUT2D eigenvalue weighted by atomic mass is 32.2. The van der Waals surface area contributed by atoms with Gasteiger partial charge < -0.3 is 15.3 Å². The summed E-state index contributed by atoms with van der Waals surface area (Å²) in [5.74, 6) is 2.19. The number of allylic oxidation sites excluding steroid dienone is 1. The van der Waals surface area contributed by atoms with Crippen LogP contribution in [-0.2, 0) is 9.84 Å². The van der Waals surface area contributed by atoms with Crippen LogP contribution in [0.25, 0.3) is 16.3 Å². The zero-order valence-corrected chi connectivity index (χ0v) is 23.8. The lowest BCUT2D eigenvalue weighted by atomic mass is 9.85. The number of hydrogen-bond acceptors (Lipinski definition) is 8. The van der Waals surface area contributed by atoms with Crippen LogP contribution in [0.2, 0.25) is 0 Å². The summed E-state index contributed by atoms with van der Waals surface area (Å²) in [6, 6.07) is 8.13. The van der Waals surface area contributed by atoms with E-state index in [0.29, 0.717) is 29.6 Å². The van der Waals surface area contributed by atoms with Gasteiger partial charge in [0.25, 0.3) is 0 Å². The molecule has 1 fully saturated rings. The molecule has 2 N–H and O–H groups in total. The van der Waals surface area contributed by atoms with Crippen LogP contribution in [0.3, 0.4) is 0 Å². The Bertz CT molecular complexity index is 1540. The number of hydrogen-bond donors (Lipinski definition) is 2. The van der Waals surface area contributed by atoms with Crippen LogP contribution in [0.5, 0.6) is 0 Å². The van der Waals surface area contributed by atoms with Gasteiger partial charge in [0.05, 0.1) is 11.9 Å². The van der Waals surface area contributed by atoms with Crippen molar-refractivity contribution in [3.63, 3.8) is 0 Å². The van der Waals surface area contributed by atoms with E-state index < -0.39 is 21.6 Å². The van der Waals surface area contributed by atoms with Crippen LogP contribution in [0, 0.1) is 5.92 Å². The Balaban J connectivity index is 1.43. The average Bonchev–Trinajstić information content (AvgIpc) is 2.86. The highest BCUT2D eigenvalue weighted by Gasteiger charge is 2.39. The van der Waals surface area contributed by atoms with Gasteiger partial charge >= 0.3 is 0 Å². The summed E-state index contributed by atoms with van der Waals surface area (Å²) in [5.41, 5.74) is 1.19. The summed E-state index contributed by atoms with van der Waals surface area (Å²) in [6.07, 6.45) is 5.82. The molecule has 0 amide bonds. The predicted molar refractivity (Wildman–Crippen MR) is 154 cm³/mol. The van der Waals surface area contributed by atoms with Crippen molar-refractivity contribution < 1.29 is 17.9 Å². The normalized spacial score (nSPS) is 25.5. The second-order valence-corrected chi connectivity index (χ2v) is 13.7. The lowest BCUT2D eigenvalue weighted by molar-refractivity contribution is 0.00561. The number of aliphatic hydroxyl groups is 1. The molecule has 39 heavy (non-hydrogen) atoms. The Morgan fingerprint density at radius 1 is 1.21 bits per heavy atom. The molecule has 1 aromatic carbocycles. The zero-order chi connectivity index (χ0) is 28.1. The van der Waals surface area contributed by atoms with Crippen molar-refractivity contribution in [3.8, 4) is 0 Å². The maximum atomic E-state index is 14.7. The molecule has 1 aliphatic heterocycles. The Labute approximate surface area is 229 Å². The first-order valence-electron chi connectivity index (χ1n) is 13.4. The molecule has 2 aliphatic rings. The van der Waals surface area contributed by atoms with E-state index in [0.717, 1.165) is 16.5 Å². The number of fused-ring (bicyclic) bond motifs is 1. The number of pyridine rings is 1. The predicted octanol–water partition coefficient (Wildman–Crippen LogP) is 5.03. The van der Waals surface area contributed by atoms with Crippen molar-refractivity contribution in [3.05, 3.63) is 54.1 Å². The molecule has 3 aromatic rings. The number of aromatic nitrogens is 3. The van der Waals surface area contributed by atoms with Crippen molar-refractivity contribution in [1.29, 1.82) is 0 Å². The number of nitrogens with zero attached hydrogens (tertiary/aromatic N) is 4. The first kappa shape index (κ1) is 27.5. The lowest BCUT2D eigenvalue weighted by Gasteiger charge is -2.48. The van der Waals surface area contributed by atoms with E-state index in [2.05, 4.69) is 58.1 Å². The van der Waals surface area contributed by atoms with Crippen LogP contribution < -0.4 is 10.2 Å². The van der Waals surface area contributed by atoms with E-state index in [9.17, 15) is 17.9 Å². The molecule has 10 heteroatoms. The highest BCUT2D eigenvalue weighted by Crippen LogP contribution is 2.40. The number of alkyl halides is 1. The monoisotopic (exact) mass is 553 g/mol. The smallest absolute Gasteiger partial charge is 0.157 e. The van der Waals surface area contributed by atoms with Gasteiger partial charge in [-0.1, -0.05) is 26.0 Å². The zero-order valence-electron chi connectivity index (χ0n) is 23.0. The number of halogens is 1. The van der Waals surface area contributed by atoms with Gasteiger partial charge in [0, 0.05) is 54.6 Å². The molecule has 0 saturated carbocycles. The minimum Gasteiger partial charge on any atom is -0.389 e. The Hall–Kier alpha value is -3.11. The summed E-state index contributed by atoms with van der Waals surface area (Å²) >= 11 is 0. The third-order valence-corrected chi connectivity index (χ3v) is 9.02. The van der Waals surface area contributed by atoms with Crippen LogP contribution in [0.4, 0.5) is 21.7 Å². The van der Waals surface area contributed by atoms with Gasteiger partial charge in [0.15, 0.2) is 5.82 Å². The van der Waals surface area contributed by atoms with Crippen molar-refractivity contribution >= 4 is 43.5 Å². The molecule has 3 heterocycles. The van der Waals surface area contributed by atoms with Crippen molar-refractivity contribution in [1.82, 2.24) is 15.0 Å². The summed E-state index contributed by atoms with van der Waals surface area (Å²) < 4.78 is 38.4. The minimum atomic E-state index is -3.03. The largest absolute Gasteiger partial charge is 0.389 e. The minimum absolute atomic E-state index is 0.0480.